The molecular formula is C42H35N3O2. The Labute approximate surface area is 272 Å². The Morgan fingerprint density at radius 2 is 0.915 bits per heavy atom. The fourth-order valence-corrected chi connectivity index (χ4v) is 8.15. The SMILES string of the molecule is CN(C)C(=O)c1ccc2c3c1c(C(=O)N(C)C)ccc3c1c2c2c3ccccc3c3cc(C(C)(C)C)cc4c5ccccc5c1n2c34. The molecule has 0 radical (unpaired) electrons. The number of pyridine rings is 2. The summed E-state index contributed by atoms with van der Waals surface area (Å²) in [7, 11) is 7.05. The number of nitrogens with zero attached hydrogens (tertiary/aromatic N) is 3. The Hall–Kier alpha value is -5.42. The van der Waals surface area contributed by atoms with Gasteiger partial charge in [0.2, 0.25) is 0 Å². The summed E-state index contributed by atoms with van der Waals surface area (Å²) >= 11 is 0. The Morgan fingerprint density at radius 3 is 1.32 bits per heavy atom. The van der Waals surface area contributed by atoms with Crippen LogP contribution in [0.3, 0.4) is 0 Å². The van der Waals surface area contributed by atoms with Crippen LogP contribution in [0.25, 0.3) is 81.2 Å². The minimum absolute atomic E-state index is 0.0214. The highest BCUT2D eigenvalue weighted by Crippen LogP contribution is 2.51. The fourth-order valence-electron chi connectivity index (χ4n) is 8.15. The first kappa shape index (κ1) is 27.9. The molecular weight excluding hydrogens is 578 g/mol. The standard InChI is InChI=1S/C42H35N3O2/c1-42(2,3)22-20-31-23-12-8-10-14-25(23)38-35-27-16-18-29(40(46)43(4)5)34-30(41(47)44(6)7)19-17-28(33(27)34)36(35)39-26-15-11-9-13-24(26)32(21-22)37(31)45(38)39/h8-21H,1-7H3. The van der Waals surface area contributed by atoms with E-state index in [0.717, 1.165) is 21.5 Å². The topological polar surface area (TPSA) is 45.0 Å². The summed E-state index contributed by atoms with van der Waals surface area (Å²) in [6.07, 6.45) is 0. The Bertz CT molecular complexity index is 2640. The van der Waals surface area contributed by atoms with Gasteiger partial charge in [-0.25, -0.2) is 0 Å². The first-order valence-corrected chi connectivity index (χ1v) is 16.2. The first-order chi connectivity index (χ1) is 22.5. The largest absolute Gasteiger partial charge is 0.345 e. The van der Waals surface area contributed by atoms with Crippen LogP contribution in [0.2, 0.25) is 0 Å². The van der Waals surface area contributed by atoms with Crippen LogP contribution in [0.4, 0.5) is 0 Å². The summed E-state index contributed by atoms with van der Waals surface area (Å²) in [4.78, 5) is 30.5. The van der Waals surface area contributed by atoms with Crippen LogP contribution in [0.15, 0.2) is 84.9 Å². The van der Waals surface area contributed by atoms with Crippen molar-refractivity contribution in [3.8, 4) is 0 Å². The second-order valence-corrected chi connectivity index (χ2v) is 14.5. The van der Waals surface area contributed by atoms with Crippen molar-refractivity contribution >= 4 is 93.0 Å². The van der Waals surface area contributed by atoms with Gasteiger partial charge in [0.15, 0.2) is 0 Å². The van der Waals surface area contributed by atoms with E-state index >= 15 is 0 Å². The van der Waals surface area contributed by atoms with Gasteiger partial charge in [-0.05, 0) is 62.2 Å². The molecule has 3 heterocycles. The zero-order chi connectivity index (χ0) is 32.7. The van der Waals surface area contributed by atoms with Gasteiger partial charge in [-0.3, -0.25) is 9.59 Å². The normalized spacial score (nSPS) is 12.7. The molecule has 0 saturated carbocycles. The van der Waals surface area contributed by atoms with Gasteiger partial charge in [0.05, 0.1) is 16.6 Å². The molecule has 9 aromatic rings. The number of amides is 2. The van der Waals surface area contributed by atoms with E-state index in [1.54, 1.807) is 38.0 Å². The average molecular weight is 614 g/mol. The predicted molar refractivity (Wildman–Crippen MR) is 197 cm³/mol. The van der Waals surface area contributed by atoms with Gasteiger partial charge in [0.1, 0.15) is 0 Å². The van der Waals surface area contributed by atoms with Crippen LogP contribution in [0, 0.1) is 0 Å². The maximum absolute atomic E-state index is 13.7. The molecule has 0 fully saturated rings. The molecule has 3 aromatic heterocycles. The molecule has 230 valence electrons. The number of hydrogen-bond acceptors (Lipinski definition) is 2. The van der Waals surface area contributed by atoms with Crippen molar-refractivity contribution in [1.29, 1.82) is 0 Å². The van der Waals surface area contributed by atoms with Crippen molar-refractivity contribution in [1.82, 2.24) is 14.2 Å². The van der Waals surface area contributed by atoms with E-state index in [0.29, 0.717) is 11.1 Å². The number of rotatable bonds is 2. The van der Waals surface area contributed by atoms with Crippen LogP contribution in [-0.4, -0.2) is 54.2 Å². The summed E-state index contributed by atoms with van der Waals surface area (Å²) in [5.74, 6) is -0.232. The van der Waals surface area contributed by atoms with E-state index in [4.69, 9.17) is 0 Å². The number of benzene rings is 5. The number of carbonyl (C=O) groups is 2. The molecule has 0 atom stereocenters. The van der Waals surface area contributed by atoms with E-state index in [-0.39, 0.29) is 17.2 Å². The molecule has 0 aliphatic carbocycles. The molecule has 0 N–H and O–H groups in total. The lowest BCUT2D eigenvalue weighted by Gasteiger charge is -2.23. The van der Waals surface area contributed by atoms with Crippen molar-refractivity contribution in [3.05, 3.63) is 102 Å². The third-order valence-corrected chi connectivity index (χ3v) is 10.3. The molecule has 0 unspecified atom stereocenters. The van der Waals surface area contributed by atoms with Crippen LogP contribution < -0.4 is 0 Å². The smallest absolute Gasteiger partial charge is 0.253 e. The maximum atomic E-state index is 13.7. The van der Waals surface area contributed by atoms with E-state index in [1.165, 1.54) is 65.2 Å². The van der Waals surface area contributed by atoms with Crippen molar-refractivity contribution in [2.75, 3.05) is 28.2 Å². The third kappa shape index (κ3) is 3.44. The molecule has 0 aliphatic heterocycles. The average Bonchev–Trinajstić information content (AvgIpc) is 3.58. The molecule has 5 nitrogen and oxygen atoms in total. The summed E-state index contributed by atoms with van der Waals surface area (Å²) in [6.45, 7) is 6.86. The minimum Gasteiger partial charge on any atom is -0.345 e. The Morgan fingerprint density at radius 1 is 0.489 bits per heavy atom. The predicted octanol–water partition coefficient (Wildman–Crippen LogP) is 9.59. The molecule has 0 aliphatic rings. The zero-order valence-electron chi connectivity index (χ0n) is 27.7. The lowest BCUT2D eigenvalue weighted by molar-refractivity contribution is 0.0828. The van der Waals surface area contributed by atoms with E-state index < -0.39 is 0 Å². The Kier molecular flexibility index (Phi) is 5.39. The van der Waals surface area contributed by atoms with Crippen LogP contribution in [-0.2, 0) is 5.41 Å². The maximum Gasteiger partial charge on any atom is 0.253 e. The van der Waals surface area contributed by atoms with Crippen molar-refractivity contribution < 1.29 is 9.59 Å². The molecule has 0 spiro atoms. The lowest BCUT2D eigenvalue weighted by atomic mass is 9.84. The van der Waals surface area contributed by atoms with Crippen LogP contribution in [0.5, 0.6) is 0 Å². The zero-order valence-corrected chi connectivity index (χ0v) is 27.7. The monoisotopic (exact) mass is 613 g/mol. The quantitative estimate of drug-likeness (QED) is 0.144. The second kappa shape index (κ2) is 9.10. The molecule has 47 heavy (non-hydrogen) atoms. The summed E-state index contributed by atoms with van der Waals surface area (Å²) in [5.41, 5.74) is 5.95. The molecule has 6 aromatic carbocycles. The van der Waals surface area contributed by atoms with Gasteiger partial charge in [-0.1, -0.05) is 81.4 Å². The lowest BCUT2D eigenvalue weighted by Crippen LogP contribution is -2.25. The van der Waals surface area contributed by atoms with Crippen molar-refractivity contribution in [2.45, 2.75) is 26.2 Å². The third-order valence-electron chi connectivity index (χ3n) is 10.3. The van der Waals surface area contributed by atoms with E-state index in [9.17, 15) is 9.59 Å². The minimum atomic E-state index is -0.116. The van der Waals surface area contributed by atoms with Gasteiger partial charge in [0, 0.05) is 77.0 Å². The van der Waals surface area contributed by atoms with E-state index in [1.807, 2.05) is 12.1 Å². The molecule has 0 bridgehead atoms. The summed E-state index contributed by atoms with van der Waals surface area (Å²) in [6, 6.07) is 30.4. The highest BCUT2D eigenvalue weighted by Gasteiger charge is 2.30. The second-order valence-electron chi connectivity index (χ2n) is 14.5. The molecule has 9 rings (SSSR count). The summed E-state index contributed by atoms with van der Waals surface area (Å²) in [5, 5.41) is 13.5. The van der Waals surface area contributed by atoms with Crippen LogP contribution in [0.1, 0.15) is 47.1 Å². The molecule has 0 saturated heterocycles. The van der Waals surface area contributed by atoms with E-state index in [2.05, 4.69) is 98.0 Å². The van der Waals surface area contributed by atoms with Crippen LogP contribution >= 0.6 is 0 Å². The number of fused-ring (bicyclic) bond motifs is 11. The number of carbonyl (C=O) groups excluding carboxylic acids is 2. The van der Waals surface area contributed by atoms with Gasteiger partial charge in [-0.15, -0.1) is 0 Å². The van der Waals surface area contributed by atoms with Gasteiger partial charge in [0.25, 0.3) is 11.8 Å². The summed E-state index contributed by atoms with van der Waals surface area (Å²) < 4.78 is 2.51. The Balaban J connectivity index is 1.63. The van der Waals surface area contributed by atoms with Gasteiger partial charge < -0.3 is 14.2 Å². The fraction of sp³-hybridized carbons (Fsp3) is 0.190. The van der Waals surface area contributed by atoms with Crippen molar-refractivity contribution in [2.24, 2.45) is 0 Å². The highest BCUT2D eigenvalue weighted by atomic mass is 16.2. The molecule has 2 amide bonds. The first-order valence-electron chi connectivity index (χ1n) is 16.2. The van der Waals surface area contributed by atoms with Crippen molar-refractivity contribution in [3.63, 3.8) is 0 Å². The number of aromatic nitrogens is 1. The molecule has 5 heteroatoms. The van der Waals surface area contributed by atoms with Gasteiger partial charge in [-0.2, -0.15) is 0 Å². The highest BCUT2D eigenvalue weighted by molar-refractivity contribution is 6.45. The number of hydrogen-bond donors (Lipinski definition) is 0. The van der Waals surface area contributed by atoms with Gasteiger partial charge >= 0.3 is 0 Å².